The van der Waals surface area contributed by atoms with E-state index in [1.54, 1.807) is 0 Å². The van der Waals surface area contributed by atoms with E-state index >= 15 is 0 Å². The van der Waals surface area contributed by atoms with Crippen LogP contribution in [-0.2, 0) is 0 Å². The normalized spacial score (nSPS) is 10.7. The van der Waals surface area contributed by atoms with Gasteiger partial charge in [-0.1, -0.05) is 60.7 Å². The Morgan fingerprint density at radius 2 is 1.34 bits per heavy atom. The zero-order valence-corrected chi connectivity index (χ0v) is 15.1. The molecule has 0 N–H and O–H groups in total. The molecule has 0 bridgehead atoms. The smallest absolute Gasteiger partial charge is 0.234 e. The van der Waals surface area contributed by atoms with Crippen molar-refractivity contribution in [2.75, 3.05) is 0 Å². The summed E-state index contributed by atoms with van der Waals surface area (Å²) in [6.45, 7) is 0. The summed E-state index contributed by atoms with van der Waals surface area (Å²) in [7, 11) is 0. The lowest BCUT2D eigenvalue weighted by Crippen LogP contribution is -1.93. The summed E-state index contributed by atoms with van der Waals surface area (Å²) < 4.78 is 5.78. The Morgan fingerprint density at radius 1 is 0.690 bits per heavy atom. The number of furan rings is 1. The molecule has 5 rings (SSSR count). The minimum absolute atomic E-state index is 0.0469. The van der Waals surface area contributed by atoms with Gasteiger partial charge < -0.3 is 4.42 Å². The number of fused-ring (bicyclic) bond motifs is 3. The van der Waals surface area contributed by atoms with Crippen molar-refractivity contribution >= 4 is 22.1 Å². The van der Waals surface area contributed by atoms with E-state index in [0.29, 0.717) is 16.7 Å². The van der Waals surface area contributed by atoms with Gasteiger partial charge in [-0.15, -0.1) is 0 Å². The molecule has 134 valence electrons. The highest BCUT2D eigenvalue weighted by Gasteiger charge is 2.16. The number of nitrogens with zero attached hydrogens (tertiary/aromatic N) is 4. The Kier molecular flexibility index (Phi) is 3.79. The average molecular weight is 372 g/mol. The van der Waals surface area contributed by atoms with Crippen molar-refractivity contribution in [3.05, 3.63) is 84.3 Å². The molecule has 5 nitrogen and oxygen atoms in total. The van der Waals surface area contributed by atoms with Crippen molar-refractivity contribution in [1.29, 1.82) is 10.5 Å². The lowest BCUT2D eigenvalue weighted by Gasteiger charge is -2.05. The van der Waals surface area contributed by atoms with Crippen LogP contribution in [0.3, 0.4) is 0 Å². The number of hydrogen-bond donors (Lipinski definition) is 0. The van der Waals surface area contributed by atoms with E-state index in [-0.39, 0.29) is 11.5 Å². The summed E-state index contributed by atoms with van der Waals surface area (Å²) in [5.41, 5.74) is 5.81. The Morgan fingerprint density at radius 3 is 2.03 bits per heavy atom. The first-order valence-electron chi connectivity index (χ1n) is 8.97. The fourth-order valence-corrected chi connectivity index (χ4v) is 3.43. The molecular weight excluding hydrogens is 360 g/mol. The van der Waals surface area contributed by atoms with Crippen molar-refractivity contribution in [3.8, 4) is 34.4 Å². The largest absolute Gasteiger partial charge is 0.451 e. The molecule has 5 heteroatoms. The second-order valence-corrected chi connectivity index (χ2v) is 6.55. The van der Waals surface area contributed by atoms with Gasteiger partial charge in [0.1, 0.15) is 23.2 Å². The molecule has 0 unspecified atom stereocenters. The van der Waals surface area contributed by atoms with E-state index in [0.717, 1.165) is 22.1 Å². The number of benzene rings is 3. The molecule has 0 aliphatic carbocycles. The molecule has 2 heterocycles. The SMILES string of the molecule is N#Cc1nc(C#N)c2oc3ccc(-c4ccc(-c5ccccc5)cc4)cc3c2n1. The third-order valence-electron chi connectivity index (χ3n) is 4.84. The van der Waals surface area contributed by atoms with Crippen LogP contribution in [0.4, 0.5) is 0 Å². The zero-order chi connectivity index (χ0) is 19.8. The second kappa shape index (κ2) is 6.60. The predicted molar refractivity (Wildman–Crippen MR) is 110 cm³/mol. The van der Waals surface area contributed by atoms with Crippen LogP contribution in [0.1, 0.15) is 11.5 Å². The molecule has 29 heavy (non-hydrogen) atoms. The molecule has 0 aliphatic heterocycles. The van der Waals surface area contributed by atoms with Gasteiger partial charge in [-0.25, -0.2) is 9.97 Å². The van der Waals surface area contributed by atoms with Crippen LogP contribution >= 0.6 is 0 Å². The predicted octanol–water partition coefficient (Wildman–Crippen LogP) is 5.45. The van der Waals surface area contributed by atoms with Crippen LogP contribution in [0, 0.1) is 22.7 Å². The van der Waals surface area contributed by atoms with E-state index in [4.69, 9.17) is 9.68 Å². The fourth-order valence-electron chi connectivity index (χ4n) is 3.43. The molecule has 3 aromatic carbocycles. The van der Waals surface area contributed by atoms with E-state index in [9.17, 15) is 5.26 Å². The first-order valence-corrected chi connectivity index (χ1v) is 8.97. The third-order valence-corrected chi connectivity index (χ3v) is 4.84. The lowest BCUT2D eigenvalue weighted by molar-refractivity contribution is 0.663. The van der Waals surface area contributed by atoms with Gasteiger partial charge in [0.25, 0.3) is 0 Å². The Hall–Kier alpha value is -4.48. The number of hydrogen-bond acceptors (Lipinski definition) is 5. The van der Waals surface area contributed by atoms with Gasteiger partial charge in [0.15, 0.2) is 11.3 Å². The summed E-state index contributed by atoms with van der Waals surface area (Å²) in [5, 5.41) is 19.2. The molecule has 2 aromatic heterocycles. The van der Waals surface area contributed by atoms with Gasteiger partial charge in [-0.3, -0.25) is 0 Å². The summed E-state index contributed by atoms with van der Waals surface area (Å²) in [5.74, 6) is -0.0469. The minimum Gasteiger partial charge on any atom is -0.451 e. The van der Waals surface area contributed by atoms with Crippen LogP contribution in [0.15, 0.2) is 77.2 Å². The fraction of sp³-hybridized carbons (Fsp3) is 0. The maximum Gasteiger partial charge on any atom is 0.234 e. The summed E-state index contributed by atoms with van der Waals surface area (Å²) in [6.07, 6.45) is 0. The zero-order valence-electron chi connectivity index (χ0n) is 15.1. The molecule has 0 aliphatic rings. The van der Waals surface area contributed by atoms with Crippen LogP contribution in [-0.4, -0.2) is 9.97 Å². The quantitative estimate of drug-likeness (QED) is 0.411. The van der Waals surface area contributed by atoms with Gasteiger partial charge in [0.2, 0.25) is 5.82 Å². The molecule has 0 fully saturated rings. The van der Waals surface area contributed by atoms with E-state index in [1.807, 2.05) is 48.5 Å². The molecule has 0 atom stereocenters. The highest BCUT2D eigenvalue weighted by Crippen LogP contribution is 2.33. The highest BCUT2D eigenvalue weighted by molar-refractivity contribution is 6.05. The van der Waals surface area contributed by atoms with Gasteiger partial charge in [0.05, 0.1) is 0 Å². The molecule has 0 saturated carbocycles. The van der Waals surface area contributed by atoms with Crippen LogP contribution in [0.2, 0.25) is 0 Å². The number of nitriles is 2. The van der Waals surface area contributed by atoms with E-state index < -0.39 is 0 Å². The number of rotatable bonds is 2. The first-order chi connectivity index (χ1) is 14.3. The van der Waals surface area contributed by atoms with Crippen molar-refractivity contribution in [3.63, 3.8) is 0 Å². The van der Waals surface area contributed by atoms with Gasteiger partial charge >= 0.3 is 0 Å². The van der Waals surface area contributed by atoms with Crippen molar-refractivity contribution in [2.24, 2.45) is 0 Å². The molecule has 0 radical (unpaired) electrons. The van der Waals surface area contributed by atoms with Crippen LogP contribution in [0.5, 0.6) is 0 Å². The van der Waals surface area contributed by atoms with Gasteiger partial charge in [0, 0.05) is 5.39 Å². The van der Waals surface area contributed by atoms with Gasteiger partial charge in [-0.05, 0) is 34.4 Å². The maximum absolute atomic E-state index is 9.32. The minimum atomic E-state index is -0.0469. The van der Waals surface area contributed by atoms with Gasteiger partial charge in [-0.2, -0.15) is 10.5 Å². The van der Waals surface area contributed by atoms with Crippen molar-refractivity contribution < 1.29 is 4.42 Å². The van der Waals surface area contributed by atoms with Crippen molar-refractivity contribution in [2.45, 2.75) is 0 Å². The van der Waals surface area contributed by atoms with Crippen LogP contribution in [0.25, 0.3) is 44.3 Å². The molecule has 0 amide bonds. The summed E-state index contributed by atoms with van der Waals surface area (Å²) >= 11 is 0. The highest BCUT2D eigenvalue weighted by atomic mass is 16.3. The molecule has 0 spiro atoms. The topological polar surface area (TPSA) is 86.5 Å². The lowest BCUT2D eigenvalue weighted by atomic mass is 9.99. The Balaban J connectivity index is 1.64. The maximum atomic E-state index is 9.32. The Labute approximate surface area is 166 Å². The standard InChI is InChI=1S/C24H12N4O/c25-13-20-24-23(28-22(14-26)27-20)19-12-18(10-11-21(19)29-24)17-8-6-16(7-9-17)15-4-2-1-3-5-15/h1-12H. The summed E-state index contributed by atoms with van der Waals surface area (Å²) in [6, 6.07) is 28.2. The average Bonchev–Trinajstić information content (AvgIpc) is 3.17. The third kappa shape index (κ3) is 2.79. The molecular formula is C24H12N4O. The van der Waals surface area contributed by atoms with Crippen LogP contribution < -0.4 is 0 Å². The molecule has 0 saturated heterocycles. The van der Waals surface area contributed by atoms with E-state index in [2.05, 4.69) is 46.4 Å². The monoisotopic (exact) mass is 372 g/mol. The van der Waals surface area contributed by atoms with Crippen molar-refractivity contribution in [1.82, 2.24) is 9.97 Å². The molecule has 5 aromatic rings. The summed E-state index contributed by atoms with van der Waals surface area (Å²) in [4.78, 5) is 8.19. The second-order valence-electron chi connectivity index (χ2n) is 6.55. The van der Waals surface area contributed by atoms with E-state index in [1.165, 1.54) is 5.56 Å². The first kappa shape index (κ1) is 16.7. The Bertz CT molecular complexity index is 1450. The number of aromatic nitrogens is 2.